The van der Waals surface area contributed by atoms with Crippen LogP contribution in [0.15, 0.2) is 58.1 Å². The Kier molecular flexibility index (Phi) is 5.24. The first kappa shape index (κ1) is 19.7. The number of likely N-dealkylation sites (tertiary alicyclic amines) is 1. The van der Waals surface area contributed by atoms with E-state index in [-0.39, 0.29) is 46.9 Å². The normalized spacial score (nSPS) is 16.0. The van der Waals surface area contributed by atoms with Crippen LogP contribution in [0.25, 0.3) is 0 Å². The zero-order chi connectivity index (χ0) is 21.3. The van der Waals surface area contributed by atoms with Crippen LogP contribution in [0.4, 0.5) is 22.7 Å². The molecule has 4 rings (SSSR count). The summed E-state index contributed by atoms with van der Waals surface area (Å²) in [7, 11) is 0. The van der Waals surface area contributed by atoms with Crippen molar-refractivity contribution in [2.75, 3.05) is 23.8 Å². The number of rotatable bonds is 6. The highest BCUT2D eigenvalue weighted by atomic mass is 16.3. The van der Waals surface area contributed by atoms with Gasteiger partial charge in [0.2, 0.25) is 0 Å². The molecule has 8 heteroatoms. The number of amides is 1. The maximum Gasteiger partial charge on any atom is 0.258 e. The minimum Gasteiger partial charge on any atom is -0.505 e. The molecule has 1 amide bonds. The molecule has 0 aliphatic carbocycles. The Labute approximate surface area is 172 Å². The van der Waals surface area contributed by atoms with E-state index in [0.29, 0.717) is 18.7 Å². The molecular weight excluding hydrogens is 386 g/mol. The lowest BCUT2D eigenvalue weighted by molar-refractivity contribution is 0.0674. The Bertz CT molecular complexity index is 1150. The first-order valence-electron chi connectivity index (χ1n) is 9.67. The maximum atomic E-state index is 12.9. The number of phenolic OH excluding ortho intramolecular Hbond substituents is 1. The maximum absolute atomic E-state index is 12.9. The number of carbonyl (C=O) groups is 1. The Morgan fingerprint density at radius 2 is 1.70 bits per heavy atom. The SMILES string of the molecule is O=C(c1cccc(Nc2c(Nc3ccccc3)c(=O)c2=O)c1O)N1CCC[C@H]1CO. The summed E-state index contributed by atoms with van der Waals surface area (Å²) < 4.78 is 0. The van der Waals surface area contributed by atoms with Gasteiger partial charge in [0.05, 0.1) is 23.9 Å². The first-order valence-corrected chi connectivity index (χ1v) is 9.67. The molecule has 0 spiro atoms. The molecule has 0 aromatic heterocycles. The van der Waals surface area contributed by atoms with Gasteiger partial charge >= 0.3 is 0 Å². The van der Waals surface area contributed by atoms with E-state index in [2.05, 4.69) is 10.6 Å². The third kappa shape index (κ3) is 3.42. The van der Waals surface area contributed by atoms with Gasteiger partial charge < -0.3 is 25.7 Å². The largest absolute Gasteiger partial charge is 0.505 e. The number of aromatic hydroxyl groups is 1. The number of nitrogens with zero attached hydrogens (tertiary/aromatic N) is 1. The average molecular weight is 407 g/mol. The smallest absolute Gasteiger partial charge is 0.258 e. The lowest BCUT2D eigenvalue weighted by atomic mass is 10.1. The third-order valence-electron chi connectivity index (χ3n) is 5.33. The van der Waals surface area contributed by atoms with E-state index in [1.165, 1.54) is 12.1 Å². The van der Waals surface area contributed by atoms with E-state index in [1.807, 2.05) is 6.07 Å². The molecule has 0 unspecified atom stereocenters. The molecule has 1 aliphatic heterocycles. The second-order valence-electron chi connectivity index (χ2n) is 7.20. The number of carbonyl (C=O) groups excluding carboxylic acids is 1. The fourth-order valence-electron chi connectivity index (χ4n) is 3.70. The van der Waals surface area contributed by atoms with E-state index >= 15 is 0 Å². The number of nitrogens with one attached hydrogen (secondary N) is 2. The van der Waals surface area contributed by atoms with Gasteiger partial charge in [-0.1, -0.05) is 24.3 Å². The van der Waals surface area contributed by atoms with Crippen LogP contribution in [0.2, 0.25) is 0 Å². The topological polar surface area (TPSA) is 119 Å². The number of hydrogen-bond acceptors (Lipinski definition) is 7. The molecule has 3 aromatic carbocycles. The van der Waals surface area contributed by atoms with Crippen LogP contribution in [0.1, 0.15) is 23.2 Å². The van der Waals surface area contributed by atoms with Gasteiger partial charge in [0, 0.05) is 12.2 Å². The number of phenols is 1. The summed E-state index contributed by atoms with van der Waals surface area (Å²) in [5.41, 5.74) is -0.383. The molecule has 3 aromatic rings. The molecule has 4 N–H and O–H groups in total. The number of hydrogen-bond donors (Lipinski definition) is 4. The average Bonchev–Trinajstić information content (AvgIpc) is 3.26. The van der Waals surface area contributed by atoms with E-state index in [1.54, 1.807) is 35.2 Å². The van der Waals surface area contributed by atoms with E-state index < -0.39 is 10.9 Å². The number of anilines is 4. The Morgan fingerprint density at radius 1 is 1.00 bits per heavy atom. The predicted octanol–water partition coefficient (Wildman–Crippen LogP) is 2.07. The minimum absolute atomic E-state index is 0.0261. The zero-order valence-corrected chi connectivity index (χ0v) is 16.1. The molecule has 30 heavy (non-hydrogen) atoms. The van der Waals surface area contributed by atoms with Crippen LogP contribution in [-0.4, -0.2) is 40.2 Å². The van der Waals surface area contributed by atoms with E-state index in [0.717, 1.165) is 6.42 Å². The van der Waals surface area contributed by atoms with Gasteiger partial charge in [0.1, 0.15) is 11.4 Å². The fraction of sp³-hybridized carbons (Fsp3) is 0.227. The van der Waals surface area contributed by atoms with E-state index in [9.17, 15) is 24.6 Å². The van der Waals surface area contributed by atoms with Gasteiger partial charge in [-0.3, -0.25) is 14.4 Å². The number of aliphatic hydroxyl groups excluding tert-OH is 1. The van der Waals surface area contributed by atoms with Crippen molar-refractivity contribution in [2.24, 2.45) is 0 Å². The summed E-state index contributed by atoms with van der Waals surface area (Å²) >= 11 is 0. The van der Waals surface area contributed by atoms with Gasteiger partial charge in [0.15, 0.2) is 5.75 Å². The van der Waals surface area contributed by atoms with Crippen LogP contribution in [0, 0.1) is 0 Å². The number of aliphatic hydroxyl groups is 1. The highest BCUT2D eigenvalue weighted by Crippen LogP contribution is 2.34. The monoisotopic (exact) mass is 407 g/mol. The molecular formula is C22H21N3O5. The summed E-state index contributed by atoms with van der Waals surface area (Å²) in [4.78, 5) is 38.5. The molecule has 0 radical (unpaired) electrons. The second kappa shape index (κ2) is 8.00. The lowest BCUT2D eigenvalue weighted by Gasteiger charge is -2.24. The van der Waals surface area contributed by atoms with Crippen LogP contribution in [0.5, 0.6) is 5.75 Å². The van der Waals surface area contributed by atoms with Crippen LogP contribution < -0.4 is 21.5 Å². The van der Waals surface area contributed by atoms with Crippen LogP contribution in [-0.2, 0) is 0 Å². The standard InChI is InChI=1S/C22H21N3O5/c26-12-14-8-5-11-25(14)22(30)15-9-4-10-16(19(15)27)24-18-17(20(28)21(18)29)23-13-6-2-1-3-7-13/h1-4,6-7,9-10,14,23-24,26-27H,5,8,11-12H2/t14-/m0/s1. The van der Waals surface area contributed by atoms with Crippen molar-refractivity contribution in [3.05, 3.63) is 74.5 Å². The first-order chi connectivity index (χ1) is 14.5. The van der Waals surface area contributed by atoms with Crippen molar-refractivity contribution in [2.45, 2.75) is 18.9 Å². The van der Waals surface area contributed by atoms with Crippen molar-refractivity contribution in [1.29, 1.82) is 0 Å². The van der Waals surface area contributed by atoms with Crippen LogP contribution in [0.3, 0.4) is 0 Å². The summed E-state index contributed by atoms with van der Waals surface area (Å²) in [5.74, 6) is -0.704. The quantitative estimate of drug-likeness (QED) is 0.365. The predicted molar refractivity (Wildman–Crippen MR) is 114 cm³/mol. The molecule has 0 saturated carbocycles. The van der Waals surface area contributed by atoms with Crippen molar-refractivity contribution in [1.82, 2.24) is 4.90 Å². The Hall–Kier alpha value is -3.65. The number of benzene rings is 2. The van der Waals surface area contributed by atoms with Crippen molar-refractivity contribution < 1.29 is 15.0 Å². The van der Waals surface area contributed by atoms with Crippen molar-refractivity contribution >= 4 is 28.7 Å². The lowest BCUT2D eigenvalue weighted by Crippen LogP contribution is -2.37. The molecule has 8 nitrogen and oxygen atoms in total. The third-order valence-corrected chi connectivity index (χ3v) is 5.33. The molecule has 1 saturated heterocycles. The second-order valence-corrected chi connectivity index (χ2v) is 7.20. The van der Waals surface area contributed by atoms with Gasteiger partial charge in [-0.15, -0.1) is 0 Å². The highest BCUT2D eigenvalue weighted by molar-refractivity contribution is 5.99. The summed E-state index contributed by atoms with van der Waals surface area (Å²) in [6.07, 6.45) is 1.49. The summed E-state index contributed by atoms with van der Waals surface area (Å²) in [6.45, 7) is 0.368. The van der Waals surface area contributed by atoms with Gasteiger partial charge in [-0.05, 0) is 37.1 Å². The Balaban J connectivity index is 1.61. The van der Waals surface area contributed by atoms with Crippen molar-refractivity contribution in [3.8, 4) is 5.75 Å². The highest BCUT2D eigenvalue weighted by Gasteiger charge is 2.31. The number of para-hydroxylation sites is 2. The zero-order valence-electron chi connectivity index (χ0n) is 16.1. The Morgan fingerprint density at radius 3 is 2.40 bits per heavy atom. The molecule has 0 bridgehead atoms. The van der Waals surface area contributed by atoms with Crippen molar-refractivity contribution in [3.63, 3.8) is 0 Å². The summed E-state index contributed by atoms with van der Waals surface area (Å²) in [5, 5.41) is 25.8. The fourth-order valence-corrected chi connectivity index (χ4v) is 3.70. The molecule has 1 heterocycles. The summed E-state index contributed by atoms with van der Waals surface area (Å²) in [6, 6.07) is 13.2. The van der Waals surface area contributed by atoms with Crippen LogP contribution >= 0.6 is 0 Å². The van der Waals surface area contributed by atoms with E-state index in [4.69, 9.17) is 0 Å². The molecule has 1 fully saturated rings. The van der Waals surface area contributed by atoms with Gasteiger partial charge in [-0.25, -0.2) is 0 Å². The molecule has 1 atom stereocenters. The molecule has 154 valence electrons. The van der Waals surface area contributed by atoms with Gasteiger partial charge in [0.25, 0.3) is 16.8 Å². The molecule has 1 aliphatic rings. The minimum atomic E-state index is -0.704. The van der Waals surface area contributed by atoms with Gasteiger partial charge in [-0.2, -0.15) is 0 Å².